The predicted molar refractivity (Wildman–Crippen MR) is 221 cm³/mol. The summed E-state index contributed by atoms with van der Waals surface area (Å²) in [4.78, 5) is 47.6. The Morgan fingerprint density at radius 3 is 1.65 bits per heavy atom. The number of amides is 3. The van der Waals surface area contributed by atoms with E-state index in [1.165, 1.54) is 17.6 Å². The van der Waals surface area contributed by atoms with Gasteiger partial charge in [-0.2, -0.15) is 0 Å². The molecule has 0 heterocycles. The number of carbonyl (C=O) groups excluding carboxylic acids is 3. The first-order chi connectivity index (χ1) is 25.0. The van der Waals surface area contributed by atoms with Crippen molar-refractivity contribution in [3.8, 4) is 0 Å². The molecule has 0 aromatic heterocycles. The van der Waals surface area contributed by atoms with Crippen LogP contribution >= 0.6 is 0 Å². The van der Waals surface area contributed by atoms with Crippen LogP contribution < -0.4 is 0 Å². The third-order valence-electron chi connectivity index (χ3n) is 9.33. The van der Waals surface area contributed by atoms with Crippen LogP contribution in [0.25, 0.3) is 0 Å². The van der Waals surface area contributed by atoms with Gasteiger partial charge in [-0.25, -0.2) is 0 Å². The molecule has 0 aliphatic heterocycles. The number of nitrogens with zero attached hydrogens (tertiary/aromatic N) is 4. The van der Waals surface area contributed by atoms with Gasteiger partial charge in [0.1, 0.15) is 0 Å². The Labute approximate surface area is 318 Å². The first-order valence-electron chi connectivity index (χ1n) is 20.0. The summed E-state index contributed by atoms with van der Waals surface area (Å²) in [5.74, 6) is 0.667. The summed E-state index contributed by atoms with van der Waals surface area (Å²) in [6.45, 7) is 20.5. The Kier molecular flexibility index (Phi) is 23.3. The van der Waals surface area contributed by atoms with Crippen molar-refractivity contribution in [1.29, 1.82) is 0 Å². The second-order valence-corrected chi connectivity index (χ2v) is 14.0. The average Bonchev–Trinajstić information content (AvgIpc) is 3.17. The van der Waals surface area contributed by atoms with Gasteiger partial charge in [0, 0.05) is 77.1 Å². The highest BCUT2D eigenvalue weighted by Gasteiger charge is 2.20. The molecule has 0 N–H and O–H groups in total. The number of hydrogen-bond acceptors (Lipinski definition) is 4. The van der Waals surface area contributed by atoms with Gasteiger partial charge in [0.2, 0.25) is 0 Å². The summed E-state index contributed by atoms with van der Waals surface area (Å²) in [5, 5.41) is 0. The van der Waals surface area contributed by atoms with Gasteiger partial charge in [-0.3, -0.25) is 19.3 Å². The van der Waals surface area contributed by atoms with E-state index >= 15 is 0 Å². The quantitative estimate of drug-likeness (QED) is 0.154. The van der Waals surface area contributed by atoms with Crippen molar-refractivity contribution in [3.63, 3.8) is 0 Å². The molecule has 3 amide bonds. The van der Waals surface area contributed by atoms with Crippen molar-refractivity contribution in [1.82, 2.24) is 19.6 Å². The number of allylic oxidation sites excluding steroid dienone is 2. The zero-order chi connectivity index (χ0) is 39.1. The van der Waals surface area contributed by atoms with Crippen molar-refractivity contribution in [2.75, 3.05) is 60.4 Å². The molecule has 1 atom stereocenters. The summed E-state index contributed by atoms with van der Waals surface area (Å²) in [7, 11) is 5.55. The summed E-state index contributed by atoms with van der Waals surface area (Å²) >= 11 is 0. The van der Waals surface area contributed by atoms with Crippen LogP contribution in [0.5, 0.6) is 0 Å². The minimum atomic E-state index is -0.00368. The number of aryl methyl sites for hydroxylation is 2. The van der Waals surface area contributed by atoms with Crippen molar-refractivity contribution in [2.24, 2.45) is 5.92 Å². The van der Waals surface area contributed by atoms with E-state index in [9.17, 15) is 14.4 Å². The lowest BCUT2D eigenvalue weighted by atomic mass is 9.90. The van der Waals surface area contributed by atoms with Gasteiger partial charge >= 0.3 is 0 Å². The molecule has 0 radical (unpaired) electrons. The van der Waals surface area contributed by atoms with E-state index in [0.29, 0.717) is 56.3 Å². The fourth-order valence-corrected chi connectivity index (χ4v) is 5.91. The summed E-state index contributed by atoms with van der Waals surface area (Å²) < 4.78 is 0. The average molecular weight is 717 g/mol. The predicted octanol–water partition coefficient (Wildman–Crippen LogP) is 9.33. The minimum Gasteiger partial charge on any atom is -0.340 e. The van der Waals surface area contributed by atoms with Gasteiger partial charge in [0.05, 0.1) is 0 Å². The molecule has 0 spiro atoms. The SMILES string of the molecule is CC.CCC.CCCc1cccc(C(=O)N(C)CCN(CCN(C)C(=O)C2=CCCC(CC(C)CC)=C2)CCN(C)C(=O)c2cccc(CC)c2)c1. The van der Waals surface area contributed by atoms with Crippen LogP contribution in [-0.4, -0.2) is 97.7 Å². The maximum Gasteiger partial charge on any atom is 0.253 e. The van der Waals surface area contributed by atoms with E-state index in [2.05, 4.69) is 64.7 Å². The van der Waals surface area contributed by atoms with Crippen molar-refractivity contribution in [3.05, 3.63) is 94.1 Å². The largest absolute Gasteiger partial charge is 0.340 e. The molecule has 7 nitrogen and oxygen atoms in total. The van der Waals surface area contributed by atoms with Crippen LogP contribution in [0.2, 0.25) is 0 Å². The van der Waals surface area contributed by atoms with E-state index < -0.39 is 0 Å². The Hall–Kier alpha value is -3.71. The third-order valence-corrected chi connectivity index (χ3v) is 9.33. The van der Waals surface area contributed by atoms with Crippen molar-refractivity contribution < 1.29 is 14.4 Å². The van der Waals surface area contributed by atoms with Crippen LogP contribution in [0, 0.1) is 5.92 Å². The van der Waals surface area contributed by atoms with Gasteiger partial charge in [-0.1, -0.05) is 117 Å². The molecule has 0 saturated heterocycles. The molecule has 2 aromatic rings. The van der Waals surface area contributed by atoms with Crippen LogP contribution in [0.1, 0.15) is 126 Å². The number of likely N-dealkylation sites (N-methyl/N-ethyl adjacent to an activating group) is 3. The topological polar surface area (TPSA) is 64.2 Å². The van der Waals surface area contributed by atoms with Crippen molar-refractivity contribution in [2.45, 2.75) is 107 Å². The zero-order valence-electron chi connectivity index (χ0n) is 34.8. The summed E-state index contributed by atoms with van der Waals surface area (Å²) in [5.41, 5.74) is 5.87. The highest BCUT2D eigenvalue weighted by atomic mass is 16.2. The molecule has 1 aliphatic carbocycles. The molecule has 3 rings (SSSR count). The molecule has 2 aromatic carbocycles. The molecule has 0 bridgehead atoms. The number of carbonyl (C=O) groups is 3. The van der Waals surface area contributed by atoms with Gasteiger partial charge in [0.15, 0.2) is 0 Å². The first kappa shape index (κ1) is 46.3. The van der Waals surface area contributed by atoms with Gasteiger partial charge in [-0.05, 0) is 73.4 Å². The van der Waals surface area contributed by atoms with Gasteiger partial charge in [-0.15, -0.1) is 0 Å². The van der Waals surface area contributed by atoms with E-state index in [0.717, 1.165) is 56.1 Å². The highest BCUT2D eigenvalue weighted by Crippen LogP contribution is 2.25. The van der Waals surface area contributed by atoms with E-state index in [1.54, 1.807) is 14.7 Å². The smallest absolute Gasteiger partial charge is 0.253 e. The Morgan fingerprint density at radius 2 is 1.17 bits per heavy atom. The lowest BCUT2D eigenvalue weighted by Gasteiger charge is -2.30. The number of benzene rings is 2. The zero-order valence-corrected chi connectivity index (χ0v) is 34.8. The third kappa shape index (κ3) is 16.3. The lowest BCUT2D eigenvalue weighted by Crippen LogP contribution is -2.44. The highest BCUT2D eigenvalue weighted by molar-refractivity contribution is 5.96. The normalized spacial score (nSPS) is 12.7. The second-order valence-electron chi connectivity index (χ2n) is 14.0. The molecular formula is C45H72N4O3. The van der Waals surface area contributed by atoms with E-state index in [1.807, 2.05) is 77.5 Å². The van der Waals surface area contributed by atoms with Crippen molar-refractivity contribution >= 4 is 17.7 Å². The van der Waals surface area contributed by atoms with Gasteiger partial charge in [0.25, 0.3) is 17.7 Å². The molecule has 0 fully saturated rings. The van der Waals surface area contributed by atoms with Crippen LogP contribution in [0.15, 0.2) is 71.8 Å². The molecule has 290 valence electrons. The molecule has 1 aliphatic rings. The molecular weight excluding hydrogens is 645 g/mol. The number of rotatable bonds is 18. The Morgan fingerprint density at radius 1 is 0.692 bits per heavy atom. The number of hydrogen-bond donors (Lipinski definition) is 0. The van der Waals surface area contributed by atoms with E-state index in [4.69, 9.17) is 0 Å². The second kappa shape index (κ2) is 26.1. The molecule has 1 unspecified atom stereocenters. The van der Waals surface area contributed by atoms with Crippen LogP contribution in [0.4, 0.5) is 0 Å². The lowest BCUT2D eigenvalue weighted by molar-refractivity contribution is -0.125. The standard InChI is InChI=1S/C40H58N4O3.C3H8.C2H6/c1-8-14-33-16-12-19-36(29-33)39(46)42(6)22-25-44(24-21-41(5)38(45)35-18-11-15-32(10-3)28-35)26-23-43(7)40(47)37-20-13-17-34(30-37)27-31(4)9-2;1-3-2;1-2/h11-12,15-16,18-20,28-31H,8-10,13-14,17,21-27H2,1-7H3;3H2,1-2H3;1-2H3. The fraction of sp³-hybridized carbons (Fsp3) is 0.578. The first-order valence-corrected chi connectivity index (χ1v) is 20.0. The van der Waals surface area contributed by atoms with Crippen LogP contribution in [0.3, 0.4) is 0 Å². The summed E-state index contributed by atoms with van der Waals surface area (Å²) in [6, 6.07) is 15.7. The fourth-order valence-electron chi connectivity index (χ4n) is 5.91. The maximum atomic E-state index is 13.5. The molecule has 0 saturated carbocycles. The molecule has 7 heteroatoms. The van der Waals surface area contributed by atoms with Crippen LogP contribution in [-0.2, 0) is 17.6 Å². The van der Waals surface area contributed by atoms with Gasteiger partial charge < -0.3 is 14.7 Å². The Bertz CT molecular complexity index is 1410. The monoisotopic (exact) mass is 717 g/mol. The summed E-state index contributed by atoms with van der Waals surface area (Å²) in [6.07, 6.45) is 12.4. The van der Waals surface area contributed by atoms with E-state index in [-0.39, 0.29) is 17.7 Å². The molecule has 52 heavy (non-hydrogen) atoms. The maximum absolute atomic E-state index is 13.5. The Balaban J connectivity index is 0.00000256. The minimum absolute atomic E-state index is 0.00233.